The van der Waals surface area contributed by atoms with E-state index in [0.29, 0.717) is 17.1 Å². The quantitative estimate of drug-likeness (QED) is 0.800. The molecule has 0 aliphatic heterocycles. The van der Waals surface area contributed by atoms with Gasteiger partial charge in [-0.3, -0.25) is 9.78 Å². The van der Waals surface area contributed by atoms with Crippen LogP contribution in [0.1, 0.15) is 35.2 Å². The summed E-state index contributed by atoms with van der Waals surface area (Å²) in [5, 5.41) is 4.99. The largest absolute Gasteiger partial charge is 0.292 e. The Morgan fingerprint density at radius 2 is 2.11 bits per heavy atom. The van der Waals surface area contributed by atoms with Crippen molar-refractivity contribution in [2.45, 2.75) is 27.2 Å². The second kappa shape index (κ2) is 4.90. The molecule has 0 spiro atoms. The summed E-state index contributed by atoms with van der Waals surface area (Å²) in [5.74, 6) is 0.0351. The Morgan fingerprint density at radius 1 is 1.39 bits per heavy atom. The minimum absolute atomic E-state index is 0.0351. The van der Waals surface area contributed by atoms with Crippen LogP contribution in [-0.4, -0.2) is 20.5 Å². The van der Waals surface area contributed by atoms with Gasteiger partial charge in [0.05, 0.1) is 28.3 Å². The summed E-state index contributed by atoms with van der Waals surface area (Å²) < 4.78 is 1.73. The number of carbonyl (C=O) groups excluding carboxylic acids is 1. The molecule has 2 rings (SSSR count). The van der Waals surface area contributed by atoms with E-state index >= 15 is 0 Å². The van der Waals surface area contributed by atoms with Crippen molar-refractivity contribution in [1.29, 1.82) is 0 Å². The van der Waals surface area contributed by atoms with Gasteiger partial charge >= 0.3 is 0 Å². The SMILES string of the molecule is CCC(=O)c1ccc(-n2nc(C)c(Cl)c2C)cn1. The molecule has 0 fully saturated rings. The third-order valence-electron chi connectivity index (χ3n) is 2.80. The number of carbonyl (C=O) groups is 1. The van der Waals surface area contributed by atoms with Gasteiger partial charge in [-0.2, -0.15) is 5.10 Å². The normalized spacial score (nSPS) is 10.7. The molecule has 2 heterocycles. The van der Waals surface area contributed by atoms with Crippen molar-refractivity contribution in [3.05, 3.63) is 40.4 Å². The van der Waals surface area contributed by atoms with Crippen LogP contribution in [0.15, 0.2) is 18.3 Å². The molecule has 0 radical (unpaired) electrons. The van der Waals surface area contributed by atoms with E-state index in [2.05, 4.69) is 10.1 Å². The Labute approximate surface area is 111 Å². The molecule has 4 nitrogen and oxygen atoms in total. The third kappa shape index (κ3) is 2.16. The van der Waals surface area contributed by atoms with Crippen molar-refractivity contribution in [2.75, 3.05) is 0 Å². The predicted octanol–water partition coefficient (Wildman–Crippen LogP) is 3.13. The molecule has 5 heteroatoms. The molecule has 0 aliphatic carbocycles. The van der Waals surface area contributed by atoms with Gasteiger partial charge in [0, 0.05) is 6.42 Å². The van der Waals surface area contributed by atoms with Crippen LogP contribution >= 0.6 is 11.6 Å². The highest BCUT2D eigenvalue weighted by atomic mass is 35.5. The van der Waals surface area contributed by atoms with Crippen LogP contribution in [0, 0.1) is 13.8 Å². The zero-order chi connectivity index (χ0) is 13.3. The van der Waals surface area contributed by atoms with Gasteiger partial charge in [-0.05, 0) is 26.0 Å². The second-order valence-corrected chi connectivity index (χ2v) is 4.45. The molecule has 94 valence electrons. The van der Waals surface area contributed by atoms with Gasteiger partial charge in [0.2, 0.25) is 0 Å². The first kappa shape index (κ1) is 12.8. The fraction of sp³-hybridized carbons (Fsp3) is 0.308. The average Bonchev–Trinajstić information content (AvgIpc) is 2.66. The monoisotopic (exact) mass is 263 g/mol. The van der Waals surface area contributed by atoms with Crippen LogP contribution in [0.3, 0.4) is 0 Å². The molecule has 2 aromatic heterocycles. The first-order valence-electron chi connectivity index (χ1n) is 5.76. The van der Waals surface area contributed by atoms with E-state index in [9.17, 15) is 4.79 Å². The van der Waals surface area contributed by atoms with Gasteiger partial charge < -0.3 is 0 Å². The van der Waals surface area contributed by atoms with Crippen molar-refractivity contribution in [2.24, 2.45) is 0 Å². The summed E-state index contributed by atoms with van der Waals surface area (Å²) in [7, 11) is 0. The number of halogens is 1. The summed E-state index contributed by atoms with van der Waals surface area (Å²) in [5.41, 5.74) is 2.93. The van der Waals surface area contributed by atoms with Crippen LogP contribution < -0.4 is 0 Å². The van der Waals surface area contributed by atoms with Crippen LogP contribution in [0.2, 0.25) is 5.02 Å². The predicted molar refractivity (Wildman–Crippen MR) is 70.5 cm³/mol. The first-order chi connectivity index (χ1) is 8.54. The minimum atomic E-state index is 0.0351. The molecule has 0 bridgehead atoms. The molecule has 2 aromatic rings. The van der Waals surface area contributed by atoms with E-state index < -0.39 is 0 Å². The molecule has 0 N–H and O–H groups in total. The van der Waals surface area contributed by atoms with Crippen molar-refractivity contribution < 1.29 is 4.79 Å². The number of pyridine rings is 1. The Balaban J connectivity index is 2.40. The number of rotatable bonds is 3. The highest BCUT2D eigenvalue weighted by molar-refractivity contribution is 6.31. The number of aryl methyl sites for hydroxylation is 1. The van der Waals surface area contributed by atoms with Crippen molar-refractivity contribution >= 4 is 17.4 Å². The average molecular weight is 264 g/mol. The second-order valence-electron chi connectivity index (χ2n) is 4.07. The maximum Gasteiger partial charge on any atom is 0.180 e. The van der Waals surface area contributed by atoms with Crippen LogP contribution in [0.5, 0.6) is 0 Å². The number of hydrogen-bond donors (Lipinski definition) is 0. The number of ketones is 1. The van der Waals surface area contributed by atoms with Gasteiger partial charge in [-0.15, -0.1) is 0 Å². The number of Topliss-reactive ketones (excluding diaryl/α,β-unsaturated/α-hetero) is 1. The standard InChI is InChI=1S/C13H14ClN3O/c1-4-12(18)11-6-5-10(7-15-11)17-9(3)13(14)8(2)16-17/h5-7H,4H2,1-3H3. The van der Waals surface area contributed by atoms with E-state index in [-0.39, 0.29) is 5.78 Å². The molecule has 0 atom stereocenters. The molecule has 0 aliphatic rings. The molecule has 0 amide bonds. The lowest BCUT2D eigenvalue weighted by Gasteiger charge is -2.04. The molecule has 0 saturated carbocycles. The summed E-state index contributed by atoms with van der Waals surface area (Å²) >= 11 is 6.09. The molecule has 0 unspecified atom stereocenters. The summed E-state index contributed by atoms with van der Waals surface area (Å²) in [4.78, 5) is 15.6. The third-order valence-corrected chi connectivity index (χ3v) is 3.35. The zero-order valence-corrected chi connectivity index (χ0v) is 11.3. The lowest BCUT2D eigenvalue weighted by Crippen LogP contribution is -2.04. The number of hydrogen-bond acceptors (Lipinski definition) is 3. The fourth-order valence-electron chi connectivity index (χ4n) is 1.73. The van der Waals surface area contributed by atoms with Gasteiger partial charge in [-0.1, -0.05) is 18.5 Å². The topological polar surface area (TPSA) is 47.8 Å². The zero-order valence-electron chi connectivity index (χ0n) is 10.6. The Kier molecular flexibility index (Phi) is 3.48. The Bertz CT molecular complexity index is 587. The van der Waals surface area contributed by atoms with Crippen molar-refractivity contribution in [3.63, 3.8) is 0 Å². The lowest BCUT2D eigenvalue weighted by molar-refractivity contribution is 0.0983. The Hall–Kier alpha value is -1.68. The van der Waals surface area contributed by atoms with Gasteiger partial charge in [-0.25, -0.2) is 4.68 Å². The van der Waals surface area contributed by atoms with Crippen LogP contribution in [0.25, 0.3) is 5.69 Å². The van der Waals surface area contributed by atoms with Crippen LogP contribution in [0.4, 0.5) is 0 Å². The summed E-state index contributed by atoms with van der Waals surface area (Å²) in [6, 6.07) is 3.54. The van der Waals surface area contributed by atoms with Gasteiger partial charge in [0.15, 0.2) is 5.78 Å². The molecule has 0 aromatic carbocycles. The molecule has 0 saturated heterocycles. The Morgan fingerprint density at radius 3 is 2.56 bits per heavy atom. The maximum atomic E-state index is 11.5. The van der Waals surface area contributed by atoms with E-state index in [0.717, 1.165) is 17.1 Å². The van der Waals surface area contributed by atoms with E-state index in [1.54, 1.807) is 16.9 Å². The van der Waals surface area contributed by atoms with E-state index in [1.165, 1.54) is 0 Å². The minimum Gasteiger partial charge on any atom is -0.292 e. The summed E-state index contributed by atoms with van der Waals surface area (Å²) in [6.07, 6.45) is 2.09. The van der Waals surface area contributed by atoms with E-state index in [1.807, 2.05) is 26.8 Å². The lowest BCUT2D eigenvalue weighted by atomic mass is 10.2. The van der Waals surface area contributed by atoms with Crippen molar-refractivity contribution in [3.8, 4) is 5.69 Å². The van der Waals surface area contributed by atoms with Gasteiger partial charge in [0.25, 0.3) is 0 Å². The molecule has 18 heavy (non-hydrogen) atoms. The summed E-state index contributed by atoms with van der Waals surface area (Å²) in [6.45, 7) is 5.57. The van der Waals surface area contributed by atoms with Crippen LogP contribution in [-0.2, 0) is 0 Å². The maximum absolute atomic E-state index is 11.5. The highest BCUT2D eigenvalue weighted by Crippen LogP contribution is 2.22. The van der Waals surface area contributed by atoms with Gasteiger partial charge in [0.1, 0.15) is 5.69 Å². The molecular formula is C13H14ClN3O. The highest BCUT2D eigenvalue weighted by Gasteiger charge is 2.11. The number of nitrogens with zero attached hydrogens (tertiary/aromatic N) is 3. The molecular weight excluding hydrogens is 250 g/mol. The fourth-order valence-corrected chi connectivity index (χ4v) is 1.85. The van der Waals surface area contributed by atoms with Crippen molar-refractivity contribution in [1.82, 2.24) is 14.8 Å². The van der Waals surface area contributed by atoms with E-state index in [4.69, 9.17) is 11.6 Å². The first-order valence-corrected chi connectivity index (χ1v) is 6.13. The smallest absolute Gasteiger partial charge is 0.180 e. The number of aromatic nitrogens is 3.